The molecule has 8 heteroatoms. The van der Waals surface area contributed by atoms with Crippen molar-refractivity contribution < 1.29 is 22.8 Å². The van der Waals surface area contributed by atoms with Gasteiger partial charge in [-0.1, -0.05) is 23.7 Å². The van der Waals surface area contributed by atoms with E-state index in [1.807, 2.05) is 0 Å². The molecule has 4 nitrogen and oxygen atoms in total. The van der Waals surface area contributed by atoms with Crippen LogP contribution in [-0.2, 0) is 22.3 Å². The fourth-order valence-electron chi connectivity index (χ4n) is 3.17. The van der Waals surface area contributed by atoms with Gasteiger partial charge in [0.15, 0.2) is 0 Å². The van der Waals surface area contributed by atoms with Crippen LogP contribution in [0.15, 0.2) is 48.5 Å². The molecule has 2 aromatic rings. The van der Waals surface area contributed by atoms with E-state index in [0.29, 0.717) is 22.7 Å². The van der Waals surface area contributed by atoms with Crippen LogP contribution in [0.1, 0.15) is 30.9 Å². The number of hydrogen-bond donors (Lipinski definition) is 1. The van der Waals surface area contributed by atoms with E-state index in [-0.39, 0.29) is 24.8 Å². The summed E-state index contributed by atoms with van der Waals surface area (Å²) in [7, 11) is 0. The zero-order valence-corrected chi connectivity index (χ0v) is 15.8. The molecule has 28 heavy (non-hydrogen) atoms. The zero-order valence-electron chi connectivity index (χ0n) is 15.0. The van der Waals surface area contributed by atoms with Crippen molar-refractivity contribution >= 4 is 29.1 Å². The fourth-order valence-corrected chi connectivity index (χ4v) is 3.30. The van der Waals surface area contributed by atoms with E-state index in [1.54, 1.807) is 31.2 Å². The molecule has 3 rings (SSSR count). The van der Waals surface area contributed by atoms with Gasteiger partial charge >= 0.3 is 6.18 Å². The third kappa shape index (κ3) is 4.14. The zero-order chi connectivity index (χ0) is 20.5. The Bertz CT molecular complexity index is 882. The predicted octanol–water partition coefficient (Wildman–Crippen LogP) is 4.88. The van der Waals surface area contributed by atoms with Gasteiger partial charge < -0.3 is 10.2 Å². The maximum atomic E-state index is 12.9. The van der Waals surface area contributed by atoms with Crippen molar-refractivity contribution in [3.63, 3.8) is 0 Å². The average Bonchev–Trinajstić information content (AvgIpc) is 2.93. The summed E-state index contributed by atoms with van der Waals surface area (Å²) >= 11 is 5.84. The summed E-state index contributed by atoms with van der Waals surface area (Å²) in [5.41, 5.74) is -0.787. The van der Waals surface area contributed by atoms with E-state index in [0.717, 1.165) is 12.1 Å². The summed E-state index contributed by atoms with van der Waals surface area (Å²) in [6.45, 7) is 1.72. The first-order valence-corrected chi connectivity index (χ1v) is 9.01. The number of carbonyl (C=O) groups excluding carboxylic acids is 2. The van der Waals surface area contributed by atoms with Crippen molar-refractivity contribution in [2.24, 2.45) is 0 Å². The number of anilines is 1. The molecule has 1 fully saturated rings. The monoisotopic (exact) mass is 410 g/mol. The smallest absolute Gasteiger partial charge is 0.324 e. The van der Waals surface area contributed by atoms with Crippen molar-refractivity contribution in [3.8, 4) is 0 Å². The third-order valence-corrected chi connectivity index (χ3v) is 5.19. The first-order chi connectivity index (χ1) is 13.1. The molecule has 2 aromatic carbocycles. The lowest BCUT2D eigenvalue weighted by Crippen LogP contribution is -2.51. The fraction of sp³-hybridized carbons (Fsp3) is 0.300. The lowest BCUT2D eigenvalue weighted by molar-refractivity contribution is -0.138. The van der Waals surface area contributed by atoms with Crippen LogP contribution in [0.2, 0.25) is 5.02 Å². The number of amides is 2. The summed E-state index contributed by atoms with van der Waals surface area (Å²) in [6, 6.07) is 11.2. The van der Waals surface area contributed by atoms with Gasteiger partial charge in [-0.25, -0.2) is 0 Å². The Morgan fingerprint density at radius 1 is 1.14 bits per heavy atom. The standard InChI is InChI=1S/C20H18ClF3N2O2/c1-19(18(28)25-16-8-6-15(21)7-9-16)11-10-17(27)26(19)12-13-2-4-14(5-3-13)20(22,23)24/h2-9H,10-12H2,1H3,(H,25,28)/t19-/m0/s1. The van der Waals surface area contributed by atoms with Crippen LogP contribution in [0.5, 0.6) is 0 Å². The quantitative estimate of drug-likeness (QED) is 0.781. The van der Waals surface area contributed by atoms with Gasteiger partial charge in [0.25, 0.3) is 0 Å². The van der Waals surface area contributed by atoms with Gasteiger partial charge in [0, 0.05) is 23.7 Å². The maximum Gasteiger partial charge on any atom is 0.416 e. The number of likely N-dealkylation sites (tertiary alicyclic amines) is 1. The van der Waals surface area contributed by atoms with Gasteiger partial charge in [-0.05, 0) is 55.3 Å². The molecule has 1 heterocycles. The van der Waals surface area contributed by atoms with Crippen molar-refractivity contribution in [2.45, 2.75) is 38.0 Å². The molecule has 2 amide bonds. The SMILES string of the molecule is C[C@@]1(C(=O)Nc2ccc(Cl)cc2)CCC(=O)N1Cc1ccc(C(F)(F)F)cc1. The second kappa shape index (κ2) is 7.47. The Labute approximate surface area is 165 Å². The van der Waals surface area contributed by atoms with Crippen molar-refractivity contribution in [2.75, 3.05) is 5.32 Å². The number of carbonyl (C=O) groups is 2. The highest BCUT2D eigenvalue weighted by Crippen LogP contribution is 2.34. The van der Waals surface area contributed by atoms with Crippen LogP contribution in [-0.4, -0.2) is 22.3 Å². The predicted molar refractivity (Wildman–Crippen MR) is 99.7 cm³/mol. The molecule has 0 bridgehead atoms. The van der Waals surface area contributed by atoms with Gasteiger partial charge in [0.1, 0.15) is 5.54 Å². The molecule has 148 valence electrons. The van der Waals surface area contributed by atoms with E-state index in [1.165, 1.54) is 17.0 Å². The van der Waals surface area contributed by atoms with Gasteiger partial charge in [-0.15, -0.1) is 0 Å². The molecular formula is C20H18ClF3N2O2. The minimum Gasteiger partial charge on any atom is -0.324 e. The summed E-state index contributed by atoms with van der Waals surface area (Å²) in [5, 5.41) is 3.31. The van der Waals surface area contributed by atoms with Crippen molar-refractivity contribution in [3.05, 3.63) is 64.7 Å². The van der Waals surface area contributed by atoms with E-state index in [2.05, 4.69) is 5.32 Å². The lowest BCUT2D eigenvalue weighted by atomic mass is 9.96. The highest BCUT2D eigenvalue weighted by Gasteiger charge is 2.47. The number of nitrogens with one attached hydrogen (secondary N) is 1. The van der Waals surface area contributed by atoms with Crippen LogP contribution < -0.4 is 5.32 Å². The highest BCUT2D eigenvalue weighted by atomic mass is 35.5. The Balaban J connectivity index is 1.77. The Morgan fingerprint density at radius 3 is 2.32 bits per heavy atom. The third-order valence-electron chi connectivity index (χ3n) is 4.94. The van der Waals surface area contributed by atoms with E-state index >= 15 is 0 Å². The average molecular weight is 411 g/mol. The molecule has 0 radical (unpaired) electrons. The van der Waals surface area contributed by atoms with E-state index in [4.69, 9.17) is 11.6 Å². The van der Waals surface area contributed by atoms with E-state index < -0.39 is 17.3 Å². The van der Waals surface area contributed by atoms with Crippen LogP contribution >= 0.6 is 11.6 Å². The molecular weight excluding hydrogens is 393 g/mol. The number of nitrogens with zero attached hydrogens (tertiary/aromatic N) is 1. The van der Waals surface area contributed by atoms with Crippen molar-refractivity contribution in [1.29, 1.82) is 0 Å². The minimum absolute atomic E-state index is 0.0571. The largest absolute Gasteiger partial charge is 0.416 e. The molecule has 0 aliphatic carbocycles. The first kappa shape index (κ1) is 20.2. The molecule has 1 N–H and O–H groups in total. The normalized spacial score (nSPS) is 19.8. The number of hydrogen-bond acceptors (Lipinski definition) is 2. The minimum atomic E-state index is -4.42. The van der Waals surface area contributed by atoms with Crippen molar-refractivity contribution in [1.82, 2.24) is 4.90 Å². The summed E-state index contributed by atoms with van der Waals surface area (Å²) in [4.78, 5) is 26.7. The molecule has 0 unspecified atom stereocenters. The Morgan fingerprint density at radius 2 is 1.75 bits per heavy atom. The summed E-state index contributed by atoms with van der Waals surface area (Å²) in [6.07, 6.45) is -3.90. The van der Waals surface area contributed by atoms with Gasteiger partial charge in [0.2, 0.25) is 11.8 Å². The molecule has 1 aliphatic rings. The van der Waals surface area contributed by atoms with Gasteiger partial charge in [-0.3, -0.25) is 9.59 Å². The second-order valence-electron chi connectivity index (χ2n) is 6.91. The number of halogens is 4. The summed E-state index contributed by atoms with van der Waals surface area (Å²) < 4.78 is 38.2. The highest BCUT2D eigenvalue weighted by molar-refractivity contribution is 6.30. The molecule has 1 saturated heterocycles. The lowest BCUT2D eigenvalue weighted by Gasteiger charge is -2.34. The maximum absolute atomic E-state index is 12.9. The number of benzene rings is 2. The number of rotatable bonds is 4. The van der Waals surface area contributed by atoms with Gasteiger partial charge in [0.05, 0.1) is 5.56 Å². The van der Waals surface area contributed by atoms with Crippen LogP contribution in [0.4, 0.5) is 18.9 Å². The number of alkyl halides is 3. The molecule has 0 aromatic heterocycles. The molecule has 0 saturated carbocycles. The Kier molecular flexibility index (Phi) is 5.39. The van der Waals surface area contributed by atoms with E-state index in [9.17, 15) is 22.8 Å². The van der Waals surface area contributed by atoms with Crippen LogP contribution in [0.3, 0.4) is 0 Å². The molecule has 0 spiro atoms. The second-order valence-corrected chi connectivity index (χ2v) is 7.35. The first-order valence-electron chi connectivity index (χ1n) is 8.63. The molecule has 1 atom stereocenters. The Hall–Kier alpha value is -2.54. The summed E-state index contributed by atoms with van der Waals surface area (Å²) in [5.74, 6) is -0.568. The van der Waals surface area contributed by atoms with Crippen LogP contribution in [0, 0.1) is 0 Å². The molecule has 1 aliphatic heterocycles. The topological polar surface area (TPSA) is 49.4 Å². The van der Waals surface area contributed by atoms with Gasteiger partial charge in [-0.2, -0.15) is 13.2 Å². The van der Waals surface area contributed by atoms with Crippen LogP contribution in [0.25, 0.3) is 0 Å².